The Labute approximate surface area is 539 Å². The molecule has 5 aromatic heterocycles. The van der Waals surface area contributed by atoms with Crippen molar-refractivity contribution >= 4 is 64.5 Å². The van der Waals surface area contributed by atoms with Crippen LogP contribution in [0.5, 0.6) is 0 Å². The predicted molar refractivity (Wildman–Crippen MR) is 366 cm³/mol. The van der Waals surface area contributed by atoms with Crippen LogP contribution in [0, 0.1) is 36.5 Å². The van der Waals surface area contributed by atoms with Gasteiger partial charge in [-0.2, -0.15) is 24.7 Å². The molecule has 0 aliphatic carbocycles. The quantitative estimate of drug-likeness (QED) is 0.0587. The van der Waals surface area contributed by atoms with Crippen molar-refractivity contribution in [2.24, 2.45) is 44.6 Å². The number of carbonyl (C=O) groups is 2. The normalized spacial score (nSPS) is 12.2. The molecule has 5 aromatic rings. The van der Waals surface area contributed by atoms with Gasteiger partial charge in [-0.1, -0.05) is 177 Å². The van der Waals surface area contributed by atoms with Gasteiger partial charge in [0.1, 0.15) is 34.0 Å². The summed E-state index contributed by atoms with van der Waals surface area (Å²) in [5.74, 6) is 8.35. The minimum Gasteiger partial charge on any atom is -0.472 e. The van der Waals surface area contributed by atoms with Gasteiger partial charge in [0.15, 0.2) is 11.3 Å². The zero-order chi connectivity index (χ0) is 67.3. The number of aliphatic imine (C=N–C) groups is 3. The fourth-order valence-electron chi connectivity index (χ4n) is 5.29. The molecule has 504 valence electrons. The smallest absolute Gasteiger partial charge is 0.281 e. The molecule has 26 nitrogen and oxygen atoms in total. The van der Waals surface area contributed by atoms with Crippen molar-refractivity contribution < 1.29 is 28.2 Å². The Morgan fingerprint density at radius 2 is 1.10 bits per heavy atom. The molecule has 0 fully saturated rings. The molecule has 9 N–H and O–H groups in total. The molecular weight excluding hydrogens is 1200 g/mol. The third kappa shape index (κ3) is 39.1. The van der Waals surface area contributed by atoms with Crippen LogP contribution in [-0.2, 0) is 19.3 Å². The summed E-state index contributed by atoms with van der Waals surface area (Å²) in [7, 11) is 3.28. The highest BCUT2D eigenvalue weighted by Gasteiger charge is 2.15. The zero-order valence-electron chi connectivity index (χ0n) is 55.1. The number of hydrogen-bond donors (Lipinski definition) is 9. The molecule has 0 saturated carbocycles. The van der Waals surface area contributed by atoms with Crippen LogP contribution in [0.4, 0.5) is 0 Å². The van der Waals surface area contributed by atoms with Gasteiger partial charge in [-0.25, -0.2) is 16.0 Å². The molecule has 0 atom stereocenters. The van der Waals surface area contributed by atoms with Crippen LogP contribution >= 0.6 is 35.2 Å². The summed E-state index contributed by atoms with van der Waals surface area (Å²) in [6.45, 7) is 52.2. The second kappa shape index (κ2) is 47.4. The molecule has 29 heteroatoms. The number of hydrogen-bond acceptors (Lipinski definition) is 23. The SMILES string of the molecule is C.C.C=C1N=C(C(C)C)NO1.C=C1N=C(C(C)C)NO1.C=C1N=C(C(C)C)NS1.CC(C)c1cc(=O)[nH]o1.CC(C)c1cc(=O)[nH]s1.CC(C)c1nn[nH]n1.CC(C)c1ns[nH]c1=O.CNC(=O)C(C)C.CNC(=O)C(C)C.Cc1cocc(C(C)C)c1=O. The number of amidine groups is 3. The van der Waals surface area contributed by atoms with E-state index < -0.39 is 0 Å². The first-order valence-corrected chi connectivity index (χ1v) is 30.7. The minimum atomic E-state index is -0.168. The molecule has 8 heterocycles. The maximum Gasteiger partial charge on any atom is 0.281 e. The van der Waals surface area contributed by atoms with E-state index in [9.17, 15) is 28.8 Å². The molecule has 89 heavy (non-hydrogen) atoms. The molecule has 0 saturated heterocycles. The summed E-state index contributed by atoms with van der Waals surface area (Å²) in [5.41, 5.74) is 7.29. The lowest BCUT2D eigenvalue weighted by Gasteiger charge is -2.02. The third-order valence-electron chi connectivity index (χ3n) is 10.6. The molecule has 0 aromatic carbocycles. The number of nitrogens with zero attached hydrogens (tertiary/aromatic N) is 7. The van der Waals surface area contributed by atoms with Crippen molar-refractivity contribution in [3.8, 4) is 0 Å². The highest BCUT2D eigenvalue weighted by atomic mass is 32.2. The molecule has 0 spiro atoms. The second-order valence-electron chi connectivity index (χ2n) is 21.9. The fourth-order valence-corrected chi connectivity index (χ4v) is 7.24. The van der Waals surface area contributed by atoms with Gasteiger partial charge in [-0.05, 0) is 31.9 Å². The van der Waals surface area contributed by atoms with E-state index >= 15 is 0 Å². The molecule has 3 aliphatic heterocycles. The van der Waals surface area contributed by atoms with Crippen LogP contribution in [0.25, 0.3) is 0 Å². The lowest BCUT2D eigenvalue weighted by molar-refractivity contribution is -0.124. The monoisotopic (exact) mass is 1310 g/mol. The number of amides is 2. The molecule has 0 bridgehead atoms. The van der Waals surface area contributed by atoms with Gasteiger partial charge < -0.3 is 34.0 Å². The Morgan fingerprint density at radius 3 is 1.29 bits per heavy atom. The Kier molecular flexibility index (Phi) is 46.7. The van der Waals surface area contributed by atoms with Crippen LogP contribution in [0.15, 0.2) is 104 Å². The maximum absolute atomic E-state index is 11.4. The van der Waals surface area contributed by atoms with Gasteiger partial charge >= 0.3 is 0 Å². The van der Waals surface area contributed by atoms with E-state index in [2.05, 4.69) is 128 Å². The number of hydroxylamine groups is 2. The van der Waals surface area contributed by atoms with Gasteiger partial charge in [0.05, 0.1) is 12.5 Å². The van der Waals surface area contributed by atoms with Crippen molar-refractivity contribution in [1.29, 1.82) is 0 Å². The predicted octanol–water partition coefficient (Wildman–Crippen LogP) is 11.9. The van der Waals surface area contributed by atoms with Crippen LogP contribution in [0.3, 0.4) is 0 Å². The topological polar surface area (TPSA) is 359 Å². The molecule has 8 rings (SSSR count). The summed E-state index contributed by atoms with van der Waals surface area (Å²) < 4.78 is 21.9. The van der Waals surface area contributed by atoms with Crippen molar-refractivity contribution in [1.82, 2.24) is 65.2 Å². The lowest BCUT2D eigenvalue weighted by Crippen LogP contribution is -2.22. The van der Waals surface area contributed by atoms with Crippen LogP contribution in [-0.4, -0.2) is 82.3 Å². The van der Waals surface area contributed by atoms with Gasteiger partial charge in [-0.15, -0.1) is 10.2 Å². The summed E-state index contributed by atoms with van der Waals surface area (Å²) in [6, 6.07) is 3.11. The van der Waals surface area contributed by atoms with E-state index in [1.165, 1.54) is 42.1 Å². The van der Waals surface area contributed by atoms with Crippen molar-refractivity contribution in [2.45, 2.75) is 190 Å². The lowest BCUT2D eigenvalue weighted by atomic mass is 10.0. The van der Waals surface area contributed by atoms with Gasteiger partial charge in [0.2, 0.25) is 23.6 Å². The number of nitrogens with one attached hydrogen (secondary N) is 9. The highest BCUT2D eigenvalue weighted by Crippen LogP contribution is 2.20. The molecular formula is C60H106N16O10S3. The van der Waals surface area contributed by atoms with E-state index in [0.717, 1.165) is 50.5 Å². The average Bonchev–Trinajstić information content (AvgIpc) is 3.00. The number of tetrazole rings is 1. The van der Waals surface area contributed by atoms with Crippen molar-refractivity contribution in [3.63, 3.8) is 0 Å². The molecule has 3 aliphatic rings. The maximum atomic E-state index is 11.4. The average molecular weight is 1310 g/mol. The van der Waals surface area contributed by atoms with Gasteiger partial charge in [0.25, 0.3) is 16.7 Å². The second-order valence-corrected chi connectivity index (χ2v) is 24.2. The first-order chi connectivity index (χ1) is 40.5. The Balaban J connectivity index is -0.000000451. The number of aromatic amines is 4. The summed E-state index contributed by atoms with van der Waals surface area (Å²) >= 11 is 4.01. The molecule has 2 amide bonds. The van der Waals surface area contributed by atoms with Crippen molar-refractivity contribution in [3.05, 3.63) is 136 Å². The Hall–Kier alpha value is -7.66. The van der Waals surface area contributed by atoms with Gasteiger partial charge in [0, 0.05) is 113 Å². The highest BCUT2D eigenvalue weighted by molar-refractivity contribution is 8.02. The first-order valence-electron chi connectivity index (χ1n) is 28.3. The van der Waals surface area contributed by atoms with E-state index in [1.807, 2.05) is 111 Å². The zero-order valence-corrected chi connectivity index (χ0v) is 57.6. The number of rotatable bonds is 10. The minimum absolute atomic E-state index is 0. The summed E-state index contributed by atoms with van der Waals surface area (Å²) in [4.78, 5) is 86.7. The Morgan fingerprint density at radius 1 is 0.596 bits per heavy atom. The van der Waals surface area contributed by atoms with E-state index in [1.54, 1.807) is 27.1 Å². The largest absolute Gasteiger partial charge is 0.472 e. The number of aryl methyl sites for hydroxylation is 1. The summed E-state index contributed by atoms with van der Waals surface area (Å²) in [5, 5.41) is 21.5. The van der Waals surface area contributed by atoms with Crippen molar-refractivity contribution in [2.75, 3.05) is 14.1 Å². The van der Waals surface area contributed by atoms with E-state index in [-0.39, 0.29) is 78.4 Å². The number of aromatic nitrogens is 8. The fraction of sp³-hybridized carbons (Fsp3) is 0.583. The Bertz CT molecular complexity index is 2950. The van der Waals surface area contributed by atoms with E-state index in [0.29, 0.717) is 58.4 Å². The molecule has 0 unspecified atom stereocenters. The first kappa shape index (κ1) is 87.8. The number of carbonyl (C=O) groups excluding carboxylic acids is 2. The number of H-pyrrole nitrogens is 4. The van der Waals surface area contributed by atoms with Crippen LogP contribution in [0.1, 0.15) is 216 Å². The summed E-state index contributed by atoms with van der Waals surface area (Å²) in [6.07, 6.45) is 3.01. The van der Waals surface area contributed by atoms with Gasteiger partial charge in [-0.3, -0.25) is 37.5 Å². The molecule has 0 radical (unpaired) electrons. The van der Waals surface area contributed by atoms with Crippen LogP contribution < -0.4 is 48.4 Å². The third-order valence-corrected chi connectivity index (χ3v) is 12.9. The van der Waals surface area contributed by atoms with Crippen LogP contribution in [0.2, 0.25) is 0 Å². The van der Waals surface area contributed by atoms with E-state index in [4.69, 9.17) is 18.6 Å². The standard InChI is InChI=1S/C9H12O2.2C6H10N2O.C6H10N2S.C6H9NO2.C6H9NOS.C5H8N2OS.2C5H11NO.C4H8N4.2CH4/c1-6(2)8-5-11-4-7(3)9(8)10;3*1-4(2)6-7-5(3)9-8-6;2*1-4(2)5-3-6(8)7-9-5;1-3(2)4-5(8)7-9-6-4;2*1-4(2)5(7)6-3;1-3(2)4-5-7-8-6-4;;/h4-6H,1-3H3;3*4H,3H2,1-2H3,(H,7,8);2*3-4H,1-2H3,(H,7,8);3H,1-2H3,(H,7,8);2*4H,1-3H3,(H,6,7);3H,1-2H3,(H,5,6,7,8);2*1H4.